The molecule has 1 aromatic carbocycles. The van der Waals surface area contributed by atoms with Gasteiger partial charge in [-0.25, -0.2) is 0 Å². The largest absolute Gasteiger partial charge is 0.496 e. The fraction of sp³-hybridized carbons (Fsp3) is 0.619. The zero-order chi connectivity index (χ0) is 19.3. The molecule has 144 valence electrons. The van der Waals surface area contributed by atoms with E-state index in [4.69, 9.17) is 4.74 Å². The molecule has 1 aliphatic heterocycles. The second-order valence-corrected chi connectivity index (χ2v) is 7.14. The Morgan fingerprint density at radius 3 is 2.27 bits per heavy atom. The predicted octanol–water partition coefficient (Wildman–Crippen LogP) is 3.42. The summed E-state index contributed by atoms with van der Waals surface area (Å²) in [5.41, 5.74) is 2.65. The first-order valence-corrected chi connectivity index (χ1v) is 9.66. The normalized spacial score (nSPS) is 15.2. The molecule has 2 amide bonds. The molecule has 1 aliphatic rings. The van der Waals surface area contributed by atoms with Gasteiger partial charge in [0.15, 0.2) is 0 Å². The van der Waals surface area contributed by atoms with E-state index in [1.807, 2.05) is 35.8 Å². The zero-order valence-corrected chi connectivity index (χ0v) is 16.8. The van der Waals surface area contributed by atoms with Gasteiger partial charge in [-0.2, -0.15) is 0 Å². The Bertz CT molecular complexity index is 653. The molecule has 1 fully saturated rings. The van der Waals surface area contributed by atoms with Gasteiger partial charge in [-0.3, -0.25) is 9.59 Å². The van der Waals surface area contributed by atoms with E-state index in [1.54, 1.807) is 7.11 Å². The van der Waals surface area contributed by atoms with Crippen LogP contribution in [0.2, 0.25) is 0 Å². The molecule has 0 unspecified atom stereocenters. The van der Waals surface area contributed by atoms with Gasteiger partial charge >= 0.3 is 0 Å². The fourth-order valence-electron chi connectivity index (χ4n) is 3.76. The quantitative estimate of drug-likeness (QED) is 0.808. The lowest BCUT2D eigenvalue weighted by atomic mass is 10.0. The number of ether oxygens (including phenoxy) is 1. The second kappa shape index (κ2) is 9.06. The highest BCUT2D eigenvalue weighted by Crippen LogP contribution is 2.26. The van der Waals surface area contributed by atoms with Crippen LogP contribution in [-0.2, 0) is 4.79 Å². The van der Waals surface area contributed by atoms with E-state index in [1.165, 1.54) is 0 Å². The van der Waals surface area contributed by atoms with Crippen LogP contribution in [0.1, 0.15) is 54.6 Å². The monoisotopic (exact) mass is 360 g/mol. The Hall–Kier alpha value is -2.04. The third kappa shape index (κ3) is 4.37. The number of hydrogen-bond donors (Lipinski definition) is 0. The average molecular weight is 360 g/mol. The number of carbonyl (C=O) groups is 2. The van der Waals surface area contributed by atoms with Crippen molar-refractivity contribution >= 4 is 11.8 Å². The van der Waals surface area contributed by atoms with Gasteiger partial charge in [-0.15, -0.1) is 0 Å². The van der Waals surface area contributed by atoms with Crippen LogP contribution in [0.3, 0.4) is 0 Å². The smallest absolute Gasteiger partial charge is 0.257 e. The summed E-state index contributed by atoms with van der Waals surface area (Å²) in [6, 6.07) is 3.91. The summed E-state index contributed by atoms with van der Waals surface area (Å²) >= 11 is 0. The maximum atomic E-state index is 13.1. The van der Waals surface area contributed by atoms with Crippen molar-refractivity contribution in [2.75, 3.05) is 33.3 Å². The third-order valence-electron chi connectivity index (χ3n) is 5.31. The van der Waals surface area contributed by atoms with Crippen LogP contribution >= 0.6 is 0 Å². The van der Waals surface area contributed by atoms with Gasteiger partial charge in [-0.05, 0) is 50.3 Å². The summed E-state index contributed by atoms with van der Waals surface area (Å²) in [7, 11) is 1.60. The highest BCUT2D eigenvalue weighted by Gasteiger charge is 2.27. The molecule has 0 aliphatic carbocycles. The van der Waals surface area contributed by atoms with Crippen LogP contribution in [0.4, 0.5) is 0 Å². The van der Waals surface area contributed by atoms with Crippen LogP contribution in [0.5, 0.6) is 5.75 Å². The van der Waals surface area contributed by atoms with E-state index in [0.29, 0.717) is 30.9 Å². The maximum absolute atomic E-state index is 13.1. The van der Waals surface area contributed by atoms with Gasteiger partial charge in [0.25, 0.3) is 5.91 Å². The van der Waals surface area contributed by atoms with Crippen molar-refractivity contribution in [2.45, 2.75) is 47.0 Å². The van der Waals surface area contributed by atoms with Gasteiger partial charge in [0.1, 0.15) is 5.75 Å². The van der Waals surface area contributed by atoms with Crippen LogP contribution in [0, 0.1) is 19.8 Å². The topological polar surface area (TPSA) is 49.9 Å². The Kier molecular flexibility index (Phi) is 7.06. The number of amides is 2. The van der Waals surface area contributed by atoms with Crippen molar-refractivity contribution in [3.05, 3.63) is 28.8 Å². The van der Waals surface area contributed by atoms with Gasteiger partial charge in [0.2, 0.25) is 5.91 Å². The second-order valence-electron chi connectivity index (χ2n) is 7.14. The summed E-state index contributed by atoms with van der Waals surface area (Å²) in [6.07, 6.45) is 2.55. The standard InChI is InChI=1S/C21H32N2O3/c1-6-17(7-2)20(24)22-9-8-10-23(12-11-22)21(25)19-16(4)13-15(3)14-18(19)26-5/h13-14,17H,6-12H2,1-5H3. The molecule has 5 heteroatoms. The minimum atomic E-state index is -0.00354. The molecule has 26 heavy (non-hydrogen) atoms. The third-order valence-corrected chi connectivity index (χ3v) is 5.31. The average Bonchev–Trinajstić information content (AvgIpc) is 2.87. The number of rotatable bonds is 5. The van der Waals surface area contributed by atoms with Crippen molar-refractivity contribution in [3.63, 3.8) is 0 Å². The van der Waals surface area contributed by atoms with Gasteiger partial charge in [0.05, 0.1) is 12.7 Å². The molecule has 0 aromatic heterocycles. The lowest BCUT2D eigenvalue weighted by Crippen LogP contribution is -2.40. The number of methoxy groups -OCH3 is 1. The fourth-order valence-corrected chi connectivity index (χ4v) is 3.76. The zero-order valence-electron chi connectivity index (χ0n) is 16.8. The number of hydrogen-bond acceptors (Lipinski definition) is 3. The number of carbonyl (C=O) groups excluding carboxylic acids is 2. The molecule has 1 saturated heterocycles. The Morgan fingerprint density at radius 1 is 1.04 bits per heavy atom. The SMILES string of the molecule is CCC(CC)C(=O)N1CCCN(C(=O)c2c(C)cc(C)cc2OC)CC1. The minimum absolute atomic E-state index is 0.00354. The van der Waals surface area contributed by atoms with Crippen molar-refractivity contribution < 1.29 is 14.3 Å². The Balaban J connectivity index is 2.14. The van der Waals surface area contributed by atoms with E-state index in [2.05, 4.69) is 13.8 Å². The van der Waals surface area contributed by atoms with Crippen LogP contribution < -0.4 is 4.74 Å². The number of nitrogens with zero attached hydrogens (tertiary/aromatic N) is 2. The molecule has 0 bridgehead atoms. The Labute approximate surface area is 157 Å². The summed E-state index contributed by atoms with van der Waals surface area (Å²) in [6.45, 7) is 10.6. The lowest BCUT2D eigenvalue weighted by Gasteiger charge is -2.26. The summed E-state index contributed by atoms with van der Waals surface area (Å²) in [5, 5.41) is 0. The van der Waals surface area contributed by atoms with Crippen molar-refractivity contribution in [2.24, 2.45) is 5.92 Å². The van der Waals surface area contributed by atoms with Crippen molar-refractivity contribution in [3.8, 4) is 5.75 Å². The number of aryl methyl sites for hydroxylation is 2. The summed E-state index contributed by atoms with van der Waals surface area (Å²) in [5.74, 6) is 0.947. The number of benzene rings is 1. The molecule has 5 nitrogen and oxygen atoms in total. The molecule has 0 atom stereocenters. The molecular formula is C21H32N2O3. The molecule has 0 N–H and O–H groups in total. The molecular weight excluding hydrogens is 328 g/mol. The molecule has 0 radical (unpaired) electrons. The van der Waals surface area contributed by atoms with E-state index in [9.17, 15) is 9.59 Å². The maximum Gasteiger partial charge on any atom is 0.257 e. The first-order valence-electron chi connectivity index (χ1n) is 9.66. The molecule has 0 saturated carbocycles. The minimum Gasteiger partial charge on any atom is -0.496 e. The van der Waals surface area contributed by atoms with Crippen LogP contribution in [-0.4, -0.2) is 54.9 Å². The highest BCUT2D eigenvalue weighted by molar-refractivity contribution is 5.98. The van der Waals surface area contributed by atoms with E-state index in [-0.39, 0.29) is 17.7 Å². The van der Waals surface area contributed by atoms with Crippen molar-refractivity contribution in [1.29, 1.82) is 0 Å². The molecule has 2 rings (SSSR count). The van der Waals surface area contributed by atoms with E-state index in [0.717, 1.165) is 36.9 Å². The molecule has 1 aromatic rings. The van der Waals surface area contributed by atoms with E-state index < -0.39 is 0 Å². The first kappa shape index (κ1) is 20.3. The van der Waals surface area contributed by atoms with Gasteiger partial charge in [-0.1, -0.05) is 19.9 Å². The molecule has 1 heterocycles. The predicted molar refractivity (Wildman–Crippen MR) is 104 cm³/mol. The summed E-state index contributed by atoms with van der Waals surface area (Å²) in [4.78, 5) is 29.6. The highest BCUT2D eigenvalue weighted by atomic mass is 16.5. The Morgan fingerprint density at radius 2 is 1.65 bits per heavy atom. The van der Waals surface area contributed by atoms with Gasteiger partial charge < -0.3 is 14.5 Å². The van der Waals surface area contributed by atoms with Crippen LogP contribution in [0.15, 0.2) is 12.1 Å². The molecule has 0 spiro atoms. The van der Waals surface area contributed by atoms with Gasteiger partial charge in [0, 0.05) is 32.1 Å². The first-order chi connectivity index (χ1) is 12.4. The van der Waals surface area contributed by atoms with Crippen molar-refractivity contribution in [1.82, 2.24) is 9.80 Å². The summed E-state index contributed by atoms with van der Waals surface area (Å²) < 4.78 is 5.46. The van der Waals surface area contributed by atoms with E-state index >= 15 is 0 Å². The lowest BCUT2D eigenvalue weighted by molar-refractivity contribution is -0.135. The van der Waals surface area contributed by atoms with Crippen LogP contribution in [0.25, 0.3) is 0 Å².